The molecule has 23 heavy (non-hydrogen) atoms. The lowest BCUT2D eigenvalue weighted by Gasteiger charge is -2.28. The van der Waals surface area contributed by atoms with Crippen molar-refractivity contribution in [1.29, 1.82) is 0 Å². The van der Waals surface area contributed by atoms with Crippen molar-refractivity contribution in [3.05, 3.63) is 41.6 Å². The molecule has 0 amide bonds. The molecule has 122 valence electrons. The van der Waals surface area contributed by atoms with Crippen LogP contribution in [0.2, 0.25) is 0 Å². The second-order valence-corrected chi connectivity index (χ2v) is 6.32. The number of rotatable bonds is 4. The smallest absolute Gasteiger partial charge is 0.337 e. The van der Waals surface area contributed by atoms with Gasteiger partial charge in [0.25, 0.3) is 0 Å². The molecule has 1 aromatic carbocycles. The molecule has 0 aliphatic heterocycles. The van der Waals surface area contributed by atoms with Crippen molar-refractivity contribution in [2.75, 3.05) is 20.8 Å². The summed E-state index contributed by atoms with van der Waals surface area (Å²) in [5.41, 5.74) is 2.65. The number of hydrogen-bond acceptors (Lipinski definition) is 4. The van der Waals surface area contributed by atoms with E-state index in [2.05, 4.69) is 12.1 Å². The third kappa shape index (κ3) is 3.53. The van der Waals surface area contributed by atoms with E-state index in [1.54, 1.807) is 13.2 Å². The highest BCUT2D eigenvalue weighted by Gasteiger charge is 2.24. The number of carbonyl (C=O) groups excluding carboxylic acids is 1. The van der Waals surface area contributed by atoms with Gasteiger partial charge in [0.1, 0.15) is 0 Å². The first kappa shape index (κ1) is 15.9. The Balaban J connectivity index is 1.84. The number of nitrogens with zero attached hydrogens (tertiary/aromatic N) is 1. The molecule has 1 aliphatic carbocycles. The van der Waals surface area contributed by atoms with Crippen LogP contribution >= 0.6 is 0 Å². The highest BCUT2D eigenvalue weighted by molar-refractivity contribution is 5.94. The standard InChI is InChI=1S/C19H23NO3/c1-22-12-13-4-3-5-14(10-13)17-8-6-15-11-16(19(21)23-2)7-9-18(15)20-17/h6-9,11,13-14H,3-5,10,12H2,1-2H3. The number of esters is 1. The van der Waals surface area contributed by atoms with Crippen LogP contribution in [0.5, 0.6) is 0 Å². The lowest BCUT2D eigenvalue weighted by molar-refractivity contribution is 0.0601. The average molecular weight is 313 g/mol. The van der Waals surface area contributed by atoms with E-state index in [1.165, 1.54) is 26.4 Å². The Bertz CT molecular complexity index is 696. The van der Waals surface area contributed by atoms with Gasteiger partial charge in [0, 0.05) is 30.7 Å². The van der Waals surface area contributed by atoms with E-state index in [4.69, 9.17) is 14.5 Å². The van der Waals surface area contributed by atoms with Gasteiger partial charge in [0.15, 0.2) is 0 Å². The van der Waals surface area contributed by atoms with Gasteiger partial charge in [-0.2, -0.15) is 0 Å². The largest absolute Gasteiger partial charge is 0.465 e. The molecule has 2 atom stereocenters. The van der Waals surface area contributed by atoms with Crippen molar-refractivity contribution in [2.24, 2.45) is 5.92 Å². The third-order valence-electron chi connectivity index (χ3n) is 4.74. The van der Waals surface area contributed by atoms with Gasteiger partial charge in [-0.25, -0.2) is 4.79 Å². The van der Waals surface area contributed by atoms with Crippen LogP contribution in [0, 0.1) is 5.92 Å². The highest BCUT2D eigenvalue weighted by Crippen LogP contribution is 2.36. The van der Waals surface area contributed by atoms with Crippen LogP contribution in [0.15, 0.2) is 30.3 Å². The van der Waals surface area contributed by atoms with Crippen molar-refractivity contribution in [2.45, 2.75) is 31.6 Å². The van der Waals surface area contributed by atoms with Gasteiger partial charge < -0.3 is 9.47 Å². The summed E-state index contributed by atoms with van der Waals surface area (Å²) >= 11 is 0. The van der Waals surface area contributed by atoms with Crippen molar-refractivity contribution in [3.63, 3.8) is 0 Å². The van der Waals surface area contributed by atoms with Crippen LogP contribution < -0.4 is 0 Å². The Kier molecular flexibility index (Phi) is 4.91. The fourth-order valence-electron chi connectivity index (χ4n) is 3.56. The van der Waals surface area contributed by atoms with Crippen molar-refractivity contribution in [1.82, 2.24) is 4.98 Å². The van der Waals surface area contributed by atoms with Crippen molar-refractivity contribution < 1.29 is 14.3 Å². The van der Waals surface area contributed by atoms with Gasteiger partial charge in [-0.05, 0) is 49.4 Å². The van der Waals surface area contributed by atoms with E-state index in [1.807, 2.05) is 12.1 Å². The summed E-state index contributed by atoms with van der Waals surface area (Å²) in [5, 5.41) is 0.973. The number of fused-ring (bicyclic) bond motifs is 1. The second-order valence-electron chi connectivity index (χ2n) is 6.32. The molecule has 3 rings (SSSR count). The SMILES string of the molecule is COCC1CCCC(c2ccc3cc(C(=O)OC)ccc3n2)C1. The normalized spacial score (nSPS) is 21.3. The summed E-state index contributed by atoms with van der Waals surface area (Å²) in [4.78, 5) is 16.4. The first-order valence-electron chi connectivity index (χ1n) is 8.19. The van der Waals surface area contributed by atoms with Crippen LogP contribution in [0.3, 0.4) is 0 Å². The van der Waals surface area contributed by atoms with E-state index in [-0.39, 0.29) is 5.97 Å². The first-order valence-corrected chi connectivity index (χ1v) is 8.19. The van der Waals surface area contributed by atoms with Crippen molar-refractivity contribution in [3.8, 4) is 0 Å². The number of hydrogen-bond donors (Lipinski definition) is 0. The maximum Gasteiger partial charge on any atom is 0.337 e. The molecule has 0 saturated heterocycles. The fraction of sp³-hybridized carbons (Fsp3) is 0.474. The molecule has 0 spiro atoms. The van der Waals surface area contributed by atoms with Crippen molar-refractivity contribution >= 4 is 16.9 Å². The van der Waals surface area contributed by atoms with Gasteiger partial charge in [-0.15, -0.1) is 0 Å². The van der Waals surface area contributed by atoms with E-state index in [0.29, 0.717) is 17.4 Å². The zero-order chi connectivity index (χ0) is 16.2. The minimum absolute atomic E-state index is 0.314. The van der Waals surface area contributed by atoms with E-state index in [0.717, 1.165) is 29.6 Å². The van der Waals surface area contributed by atoms with Crippen LogP contribution in [0.1, 0.15) is 47.7 Å². The molecule has 1 aromatic heterocycles. The predicted molar refractivity (Wildman–Crippen MR) is 89.7 cm³/mol. The minimum Gasteiger partial charge on any atom is -0.465 e. The van der Waals surface area contributed by atoms with Gasteiger partial charge in [0.2, 0.25) is 0 Å². The molecule has 1 saturated carbocycles. The summed E-state index contributed by atoms with van der Waals surface area (Å²) in [6, 6.07) is 9.68. The third-order valence-corrected chi connectivity index (χ3v) is 4.74. The molecule has 0 N–H and O–H groups in total. The molecular weight excluding hydrogens is 290 g/mol. The Morgan fingerprint density at radius 3 is 2.87 bits per heavy atom. The Morgan fingerprint density at radius 2 is 2.09 bits per heavy atom. The summed E-state index contributed by atoms with van der Waals surface area (Å²) in [7, 11) is 3.17. The topological polar surface area (TPSA) is 48.4 Å². The Hall–Kier alpha value is -1.94. The molecule has 0 bridgehead atoms. The Labute approximate surface area is 136 Å². The van der Waals surface area contributed by atoms with Gasteiger partial charge in [0.05, 0.1) is 18.2 Å². The maximum atomic E-state index is 11.6. The molecule has 4 heteroatoms. The monoisotopic (exact) mass is 313 g/mol. The molecule has 1 aliphatic rings. The van der Waals surface area contributed by atoms with Gasteiger partial charge in [-0.1, -0.05) is 12.5 Å². The van der Waals surface area contributed by atoms with Crippen LogP contribution in [-0.2, 0) is 9.47 Å². The van der Waals surface area contributed by atoms with E-state index < -0.39 is 0 Å². The molecule has 1 fully saturated rings. The average Bonchev–Trinajstić information content (AvgIpc) is 2.60. The minimum atomic E-state index is -0.314. The quantitative estimate of drug-likeness (QED) is 0.802. The zero-order valence-electron chi connectivity index (χ0n) is 13.7. The van der Waals surface area contributed by atoms with E-state index >= 15 is 0 Å². The summed E-state index contributed by atoms with van der Waals surface area (Å²) in [6.07, 6.45) is 4.83. The second kappa shape index (κ2) is 7.09. The number of pyridine rings is 1. The summed E-state index contributed by atoms with van der Waals surface area (Å²) < 4.78 is 10.1. The van der Waals surface area contributed by atoms with Gasteiger partial charge in [-0.3, -0.25) is 4.98 Å². The van der Waals surface area contributed by atoms with Crippen LogP contribution in [0.25, 0.3) is 10.9 Å². The summed E-state index contributed by atoms with van der Waals surface area (Å²) in [5.74, 6) is 0.831. The van der Waals surface area contributed by atoms with E-state index in [9.17, 15) is 4.79 Å². The highest BCUT2D eigenvalue weighted by atomic mass is 16.5. The number of benzene rings is 1. The van der Waals surface area contributed by atoms with Crippen LogP contribution in [-0.4, -0.2) is 31.8 Å². The molecular formula is C19H23NO3. The molecule has 2 aromatic rings. The summed E-state index contributed by atoms with van der Waals surface area (Å²) in [6.45, 7) is 0.840. The zero-order valence-corrected chi connectivity index (χ0v) is 13.7. The number of aromatic nitrogens is 1. The lowest BCUT2D eigenvalue weighted by Crippen LogP contribution is -2.18. The lowest BCUT2D eigenvalue weighted by atomic mass is 9.80. The number of carbonyl (C=O) groups is 1. The number of ether oxygens (including phenoxy) is 2. The van der Waals surface area contributed by atoms with Crippen LogP contribution in [0.4, 0.5) is 0 Å². The predicted octanol–water partition coefficient (Wildman–Crippen LogP) is 3.94. The Morgan fingerprint density at radius 1 is 1.22 bits per heavy atom. The molecule has 4 nitrogen and oxygen atoms in total. The first-order chi connectivity index (χ1) is 11.2. The molecule has 2 unspecified atom stereocenters. The fourth-order valence-corrected chi connectivity index (χ4v) is 3.56. The maximum absolute atomic E-state index is 11.6. The van der Waals surface area contributed by atoms with Gasteiger partial charge >= 0.3 is 5.97 Å². The number of methoxy groups -OCH3 is 2. The molecule has 0 radical (unpaired) electrons. The molecule has 1 heterocycles.